The first-order valence-corrected chi connectivity index (χ1v) is 7.91. The average Bonchev–Trinajstić information content (AvgIpc) is 3.38. The van der Waals surface area contributed by atoms with Gasteiger partial charge in [-0.2, -0.15) is 0 Å². The maximum atomic E-state index is 12.5. The normalized spacial score (nSPS) is 18.9. The van der Waals surface area contributed by atoms with Crippen LogP contribution in [0, 0.1) is 5.92 Å². The second-order valence-electron chi connectivity index (χ2n) is 6.08. The minimum absolute atomic E-state index is 0.0138. The van der Waals surface area contributed by atoms with E-state index in [0.29, 0.717) is 30.4 Å². The van der Waals surface area contributed by atoms with E-state index >= 15 is 0 Å². The lowest BCUT2D eigenvalue weighted by Gasteiger charge is -2.31. The molecule has 0 aromatic heterocycles. The smallest absolute Gasteiger partial charge is 0.253 e. The second kappa shape index (κ2) is 6.38. The molecule has 1 heterocycles. The van der Waals surface area contributed by atoms with Crippen LogP contribution in [0.2, 0.25) is 0 Å². The first kappa shape index (κ1) is 14.9. The summed E-state index contributed by atoms with van der Waals surface area (Å²) in [6.45, 7) is 1.28. The number of piperidine rings is 1. The second-order valence-corrected chi connectivity index (χ2v) is 6.08. The molecule has 0 atom stereocenters. The third-order valence-electron chi connectivity index (χ3n) is 4.39. The SMILES string of the molecule is COc1cccc(C(=O)N2CCC(C(=O)NC3CC3)CC2)c1. The van der Waals surface area contributed by atoms with Gasteiger partial charge < -0.3 is 15.0 Å². The van der Waals surface area contributed by atoms with Gasteiger partial charge in [0.2, 0.25) is 5.91 Å². The van der Waals surface area contributed by atoms with Crippen LogP contribution in [0.5, 0.6) is 5.75 Å². The van der Waals surface area contributed by atoms with Crippen molar-refractivity contribution < 1.29 is 14.3 Å². The maximum absolute atomic E-state index is 12.5. The number of nitrogens with one attached hydrogen (secondary N) is 1. The van der Waals surface area contributed by atoms with Gasteiger partial charge in [-0.1, -0.05) is 6.07 Å². The molecule has 1 aliphatic heterocycles. The predicted octanol–water partition coefficient (Wildman–Crippen LogP) is 1.83. The summed E-state index contributed by atoms with van der Waals surface area (Å²) < 4.78 is 5.16. The van der Waals surface area contributed by atoms with Crippen molar-refractivity contribution in [2.75, 3.05) is 20.2 Å². The Balaban J connectivity index is 1.55. The minimum Gasteiger partial charge on any atom is -0.497 e. The molecule has 5 nitrogen and oxygen atoms in total. The number of methoxy groups -OCH3 is 1. The Bertz CT molecular complexity index is 561. The number of nitrogens with zero attached hydrogens (tertiary/aromatic N) is 1. The van der Waals surface area contributed by atoms with Crippen LogP contribution in [0.1, 0.15) is 36.0 Å². The highest BCUT2D eigenvalue weighted by molar-refractivity contribution is 5.94. The molecular formula is C17H22N2O3. The molecule has 1 saturated carbocycles. The van der Waals surface area contributed by atoms with E-state index < -0.39 is 0 Å². The number of hydrogen-bond acceptors (Lipinski definition) is 3. The number of hydrogen-bond donors (Lipinski definition) is 1. The predicted molar refractivity (Wildman–Crippen MR) is 82.8 cm³/mol. The molecular weight excluding hydrogens is 280 g/mol. The van der Waals surface area contributed by atoms with Crippen molar-refractivity contribution in [3.8, 4) is 5.75 Å². The van der Waals surface area contributed by atoms with Gasteiger partial charge in [-0.05, 0) is 43.9 Å². The summed E-state index contributed by atoms with van der Waals surface area (Å²) in [5, 5.41) is 3.06. The van der Waals surface area contributed by atoms with Crippen LogP contribution < -0.4 is 10.1 Å². The lowest BCUT2D eigenvalue weighted by molar-refractivity contribution is -0.126. The van der Waals surface area contributed by atoms with Crippen LogP contribution in [0.4, 0.5) is 0 Å². The van der Waals surface area contributed by atoms with E-state index in [0.717, 1.165) is 25.7 Å². The van der Waals surface area contributed by atoms with Crippen molar-refractivity contribution in [3.05, 3.63) is 29.8 Å². The summed E-state index contributed by atoms with van der Waals surface area (Å²) in [4.78, 5) is 26.4. The molecule has 118 valence electrons. The molecule has 0 spiro atoms. The monoisotopic (exact) mass is 302 g/mol. The van der Waals surface area contributed by atoms with Crippen molar-refractivity contribution in [1.82, 2.24) is 10.2 Å². The highest BCUT2D eigenvalue weighted by Gasteiger charge is 2.31. The lowest BCUT2D eigenvalue weighted by Crippen LogP contribution is -2.43. The maximum Gasteiger partial charge on any atom is 0.253 e. The van der Waals surface area contributed by atoms with Crippen LogP contribution in [-0.4, -0.2) is 43.0 Å². The number of likely N-dealkylation sites (tertiary alicyclic amines) is 1. The Hall–Kier alpha value is -2.04. The number of rotatable bonds is 4. The molecule has 1 saturated heterocycles. The zero-order valence-electron chi connectivity index (χ0n) is 12.9. The summed E-state index contributed by atoms with van der Waals surface area (Å²) in [7, 11) is 1.59. The fourth-order valence-corrected chi connectivity index (χ4v) is 2.83. The Kier molecular flexibility index (Phi) is 4.32. The molecule has 1 aromatic rings. The van der Waals surface area contributed by atoms with Crippen LogP contribution >= 0.6 is 0 Å². The fourth-order valence-electron chi connectivity index (χ4n) is 2.83. The van der Waals surface area contributed by atoms with Crippen LogP contribution in [-0.2, 0) is 4.79 Å². The summed E-state index contributed by atoms with van der Waals surface area (Å²) in [5.74, 6) is 0.912. The minimum atomic E-state index is 0.0138. The molecule has 2 amide bonds. The van der Waals surface area contributed by atoms with Crippen LogP contribution in [0.3, 0.4) is 0 Å². The summed E-state index contributed by atoms with van der Waals surface area (Å²) in [6.07, 6.45) is 3.71. The van der Waals surface area contributed by atoms with Crippen molar-refractivity contribution >= 4 is 11.8 Å². The fraction of sp³-hybridized carbons (Fsp3) is 0.529. The van der Waals surface area contributed by atoms with E-state index in [9.17, 15) is 9.59 Å². The summed E-state index contributed by atoms with van der Waals surface area (Å²) in [5.41, 5.74) is 0.639. The number of ether oxygens (including phenoxy) is 1. The van der Waals surface area contributed by atoms with Gasteiger partial charge in [-0.15, -0.1) is 0 Å². The van der Waals surface area contributed by atoms with Gasteiger partial charge in [0, 0.05) is 30.6 Å². The highest BCUT2D eigenvalue weighted by atomic mass is 16.5. The van der Waals surface area contributed by atoms with Crippen molar-refractivity contribution in [2.45, 2.75) is 31.7 Å². The Labute approximate surface area is 130 Å². The van der Waals surface area contributed by atoms with E-state index in [1.54, 1.807) is 19.2 Å². The van der Waals surface area contributed by atoms with Crippen molar-refractivity contribution in [3.63, 3.8) is 0 Å². The molecule has 2 fully saturated rings. The molecule has 0 radical (unpaired) electrons. The average molecular weight is 302 g/mol. The van der Waals surface area contributed by atoms with Gasteiger partial charge in [0.1, 0.15) is 5.75 Å². The Morgan fingerprint density at radius 1 is 1.18 bits per heavy atom. The Morgan fingerprint density at radius 2 is 1.91 bits per heavy atom. The van der Waals surface area contributed by atoms with Crippen LogP contribution in [0.15, 0.2) is 24.3 Å². The Morgan fingerprint density at radius 3 is 2.55 bits per heavy atom. The molecule has 1 aliphatic carbocycles. The van der Waals surface area contributed by atoms with E-state index in [-0.39, 0.29) is 17.7 Å². The third-order valence-corrected chi connectivity index (χ3v) is 4.39. The van der Waals surface area contributed by atoms with Gasteiger partial charge in [0.15, 0.2) is 0 Å². The van der Waals surface area contributed by atoms with Crippen LogP contribution in [0.25, 0.3) is 0 Å². The summed E-state index contributed by atoms with van der Waals surface area (Å²) in [6, 6.07) is 7.61. The number of benzene rings is 1. The van der Waals surface area contributed by atoms with Crippen molar-refractivity contribution in [2.24, 2.45) is 5.92 Å². The zero-order valence-corrected chi connectivity index (χ0v) is 12.9. The molecule has 5 heteroatoms. The number of carbonyl (C=O) groups excluding carboxylic acids is 2. The number of carbonyl (C=O) groups is 2. The van der Waals surface area contributed by atoms with Crippen molar-refractivity contribution in [1.29, 1.82) is 0 Å². The molecule has 1 N–H and O–H groups in total. The first-order chi connectivity index (χ1) is 10.7. The molecule has 0 unspecified atom stereocenters. The highest BCUT2D eigenvalue weighted by Crippen LogP contribution is 2.24. The van der Waals surface area contributed by atoms with E-state index in [2.05, 4.69) is 5.32 Å². The zero-order chi connectivity index (χ0) is 15.5. The largest absolute Gasteiger partial charge is 0.497 e. The van der Waals surface area contributed by atoms with Gasteiger partial charge in [-0.25, -0.2) is 0 Å². The molecule has 22 heavy (non-hydrogen) atoms. The molecule has 0 bridgehead atoms. The van der Waals surface area contributed by atoms with Gasteiger partial charge >= 0.3 is 0 Å². The number of amides is 2. The lowest BCUT2D eigenvalue weighted by atomic mass is 9.95. The quantitative estimate of drug-likeness (QED) is 0.923. The molecule has 1 aromatic carbocycles. The summed E-state index contributed by atoms with van der Waals surface area (Å²) >= 11 is 0. The van der Waals surface area contributed by atoms with Gasteiger partial charge in [0.25, 0.3) is 5.91 Å². The molecule has 2 aliphatic rings. The van der Waals surface area contributed by atoms with Gasteiger partial charge in [0.05, 0.1) is 7.11 Å². The van der Waals surface area contributed by atoms with E-state index in [1.165, 1.54) is 0 Å². The standard InChI is InChI=1S/C17H22N2O3/c1-22-15-4-2-3-13(11-15)17(21)19-9-7-12(8-10-19)16(20)18-14-5-6-14/h2-4,11-12,14H,5-10H2,1H3,(H,18,20). The molecule has 3 rings (SSSR count). The first-order valence-electron chi connectivity index (χ1n) is 7.91. The van der Waals surface area contributed by atoms with E-state index in [1.807, 2.05) is 17.0 Å². The third kappa shape index (κ3) is 3.40. The van der Waals surface area contributed by atoms with Gasteiger partial charge in [-0.3, -0.25) is 9.59 Å². The topological polar surface area (TPSA) is 58.6 Å². The van der Waals surface area contributed by atoms with E-state index in [4.69, 9.17) is 4.74 Å².